The van der Waals surface area contributed by atoms with E-state index in [0.717, 1.165) is 19.4 Å². The van der Waals surface area contributed by atoms with Crippen LogP contribution in [0.2, 0.25) is 19.6 Å². The van der Waals surface area contributed by atoms with Gasteiger partial charge in [-0.1, -0.05) is 124 Å². The number of fused-ring (bicyclic) bond motifs is 5. The molecule has 2 heterocycles. The lowest BCUT2D eigenvalue weighted by molar-refractivity contribution is -0.346. The third kappa shape index (κ3) is 10.6. The Hall–Kier alpha value is -6.90. The third-order valence-electron chi connectivity index (χ3n) is 17.5. The predicted octanol–water partition coefficient (Wildman–Crippen LogP) is 8.94. The van der Waals surface area contributed by atoms with E-state index in [1.54, 1.807) is 93.6 Å². The molecule has 0 radical (unpaired) electrons. The van der Waals surface area contributed by atoms with Gasteiger partial charge in [-0.2, -0.15) is 0 Å². The summed E-state index contributed by atoms with van der Waals surface area (Å²) in [7, 11) is -0.546. The molecule has 4 aromatic rings. The highest BCUT2D eigenvalue weighted by atomic mass is 35.5. The van der Waals surface area contributed by atoms with E-state index < -0.39 is 139 Å². The minimum atomic E-state index is -2.48. The third-order valence-corrected chi connectivity index (χ3v) is 20.3. The maximum atomic E-state index is 16.3. The summed E-state index contributed by atoms with van der Waals surface area (Å²) in [5.41, 5.74) is -6.18. The van der Waals surface area contributed by atoms with Gasteiger partial charge in [0, 0.05) is 43.2 Å². The highest BCUT2D eigenvalue weighted by molar-refractivity contribution is 6.77. The number of hydrogen-bond acceptors (Lipinski definition) is 17. The van der Waals surface area contributed by atoms with Gasteiger partial charge in [-0.25, -0.2) is 14.4 Å². The number of amides is 1. The number of Topliss-reactive ketones (excluding diaryl/α,β-unsaturated/α-hetero) is 1. The second kappa shape index (κ2) is 23.0. The first-order valence-electron chi connectivity index (χ1n) is 27.3. The van der Waals surface area contributed by atoms with Gasteiger partial charge in [0.05, 0.1) is 45.3 Å². The lowest BCUT2D eigenvalue weighted by Gasteiger charge is -2.67. The molecule has 18 nitrogen and oxygen atoms in total. The van der Waals surface area contributed by atoms with Crippen LogP contribution in [0.4, 0.5) is 4.79 Å². The van der Waals surface area contributed by atoms with Gasteiger partial charge < -0.3 is 47.7 Å². The highest BCUT2D eigenvalue weighted by Crippen LogP contribution is 2.65. The molecular weight excluding hydrogens is 1090 g/mol. The SMILES string of the molecule is COc1ccc(C2OC(C(=O)O[C@H]3C[C@@]4(O)C(OC(=O)c5ccccc5)C5[C@](C)(C(=O)C(OC(C)=O)C(=C3C)C4(C)C)[C@@H](OC(=O)CCl)C[C@H]3OC[C@@]53OC(C)=O)C(c3ccccc3)N2C(=O)OCC(c2ccccc2)[Si](C)(C)C)cc1. The fourth-order valence-electron chi connectivity index (χ4n) is 13.3. The second-order valence-corrected chi connectivity index (χ2v) is 29.3. The molecule has 4 aromatic carbocycles. The van der Waals surface area contributed by atoms with Crippen molar-refractivity contribution in [3.8, 4) is 5.75 Å². The van der Waals surface area contributed by atoms with Crippen LogP contribution in [0.15, 0.2) is 126 Å². The number of rotatable bonds is 15. The van der Waals surface area contributed by atoms with Crippen molar-refractivity contribution in [2.75, 3.05) is 26.2 Å². The van der Waals surface area contributed by atoms with E-state index in [2.05, 4.69) is 19.6 Å². The first-order valence-corrected chi connectivity index (χ1v) is 31.5. The van der Waals surface area contributed by atoms with Crippen LogP contribution < -0.4 is 4.74 Å². The number of methoxy groups -OCH3 is 1. The first kappa shape index (κ1) is 59.7. The van der Waals surface area contributed by atoms with E-state index >= 15 is 14.4 Å². The Morgan fingerprint density at radius 1 is 0.805 bits per heavy atom. The van der Waals surface area contributed by atoms with Crippen molar-refractivity contribution in [1.82, 2.24) is 4.90 Å². The van der Waals surface area contributed by atoms with E-state index in [1.807, 2.05) is 30.3 Å². The maximum absolute atomic E-state index is 16.3. The predicted molar refractivity (Wildman–Crippen MR) is 299 cm³/mol. The van der Waals surface area contributed by atoms with Gasteiger partial charge in [-0.15, -0.1) is 11.6 Å². The zero-order valence-electron chi connectivity index (χ0n) is 47.6. The molecule has 2 aliphatic heterocycles. The zero-order valence-corrected chi connectivity index (χ0v) is 49.3. The number of carbonyl (C=O) groups excluding carboxylic acids is 7. The standard InChI is InChI=1S/C62H70ClNO17Si/c1-35-43(77-57(70)51-49(39-22-16-12-17-23-39)64(55(79-51)40-26-28-42(73-7)29-27-40)58(71)74-33-44(82(8,9)10)38-20-14-11-15-21-38)31-62(72)54(80-56(69)41-24-18-13-19-25-41)52-60(6,53(68)50(76-36(2)65)48(35)59(62,4)5)45(78-47(67)32-63)30-46-61(52,34-75-46)81-37(3)66/h11-29,43-46,49-52,54-55,72H,30-34H2,1-10H3/t43-,44?,45-,46+,49?,50?,51?,52?,54?,55?,60+,61-,62+/m0/s1. The average Bonchev–Trinajstić information content (AvgIpc) is 1.26. The van der Waals surface area contributed by atoms with Crippen LogP contribution in [-0.2, 0) is 61.9 Å². The molecule has 5 aliphatic rings. The van der Waals surface area contributed by atoms with Gasteiger partial charge in [-0.05, 0) is 60.4 Å². The number of benzene rings is 4. The summed E-state index contributed by atoms with van der Waals surface area (Å²) in [5, 5.41) is 14.3. The van der Waals surface area contributed by atoms with Crippen molar-refractivity contribution >= 4 is 61.4 Å². The lowest BCUT2D eigenvalue weighted by atomic mass is 9.44. The van der Waals surface area contributed by atoms with Crippen LogP contribution in [-0.4, -0.2) is 134 Å². The van der Waals surface area contributed by atoms with Gasteiger partial charge in [-0.3, -0.25) is 24.1 Å². The topological polar surface area (TPSA) is 226 Å². The van der Waals surface area contributed by atoms with Gasteiger partial charge >= 0.3 is 35.9 Å². The Balaban J connectivity index is 1.20. The minimum absolute atomic E-state index is 0.0146. The van der Waals surface area contributed by atoms with Crippen LogP contribution in [0.3, 0.4) is 0 Å². The van der Waals surface area contributed by atoms with E-state index in [-0.39, 0.29) is 41.9 Å². The summed E-state index contributed by atoms with van der Waals surface area (Å²) in [6.45, 7) is 14.6. The molecule has 1 amide bonds. The molecule has 4 fully saturated rings. The van der Waals surface area contributed by atoms with Crippen molar-refractivity contribution in [2.45, 2.75) is 140 Å². The first-order chi connectivity index (χ1) is 38.8. The molecule has 2 bridgehead atoms. The summed E-state index contributed by atoms with van der Waals surface area (Å²) in [5.74, 6) is -7.28. The van der Waals surface area contributed by atoms with Crippen LogP contribution in [0.1, 0.15) is 99.2 Å². The van der Waals surface area contributed by atoms with Crippen molar-refractivity contribution in [3.05, 3.63) is 149 Å². The van der Waals surface area contributed by atoms with Gasteiger partial charge in [0.25, 0.3) is 0 Å². The molecule has 2 saturated carbocycles. The molecule has 1 N–H and O–H groups in total. The average molecular weight is 1160 g/mol. The number of halogens is 1. The summed E-state index contributed by atoms with van der Waals surface area (Å²) >= 11 is 6.04. The molecule has 82 heavy (non-hydrogen) atoms. The van der Waals surface area contributed by atoms with Gasteiger partial charge in [0.1, 0.15) is 47.7 Å². The molecule has 20 heteroatoms. The van der Waals surface area contributed by atoms with Crippen molar-refractivity contribution in [3.63, 3.8) is 0 Å². The van der Waals surface area contributed by atoms with Gasteiger partial charge in [0.15, 0.2) is 29.8 Å². The summed E-state index contributed by atoms with van der Waals surface area (Å²) in [4.78, 5) is 103. The van der Waals surface area contributed by atoms with E-state index in [4.69, 9.17) is 54.2 Å². The number of esters is 5. The number of alkyl halides is 1. The Bertz CT molecular complexity index is 3120. The summed E-state index contributed by atoms with van der Waals surface area (Å²) < 4.78 is 56.3. The molecule has 3 aliphatic carbocycles. The molecule has 9 rings (SSSR count). The van der Waals surface area contributed by atoms with Gasteiger partial charge in [0.2, 0.25) is 0 Å². The zero-order chi connectivity index (χ0) is 59.3. The summed E-state index contributed by atoms with van der Waals surface area (Å²) in [6, 6.07) is 32.1. The lowest BCUT2D eigenvalue weighted by Crippen LogP contribution is -2.82. The Morgan fingerprint density at radius 3 is 1.99 bits per heavy atom. The number of carbonyl (C=O) groups is 7. The highest BCUT2D eigenvalue weighted by Gasteiger charge is 2.79. The molecule has 0 spiro atoms. The van der Waals surface area contributed by atoms with Crippen LogP contribution in [0.25, 0.3) is 0 Å². The maximum Gasteiger partial charge on any atom is 0.412 e. The smallest absolute Gasteiger partial charge is 0.412 e. The van der Waals surface area contributed by atoms with E-state index in [9.17, 15) is 24.3 Å². The van der Waals surface area contributed by atoms with E-state index in [0.29, 0.717) is 16.9 Å². The molecule has 13 atom stereocenters. The number of aliphatic hydroxyl groups is 1. The molecular formula is C62H70ClNO17Si. The quantitative estimate of drug-likeness (QED) is 0.0385. The van der Waals surface area contributed by atoms with Crippen molar-refractivity contribution in [1.29, 1.82) is 0 Å². The summed E-state index contributed by atoms with van der Waals surface area (Å²) in [6.07, 6.45) is -12.4. The Morgan fingerprint density at radius 2 is 1.43 bits per heavy atom. The molecule has 436 valence electrons. The number of ketones is 1. The molecule has 2 saturated heterocycles. The normalized spacial score (nSPS) is 30.4. The fraction of sp³-hybridized carbons (Fsp3) is 0.468. The monoisotopic (exact) mass is 1160 g/mol. The number of hydrogen-bond donors (Lipinski definition) is 1. The number of ether oxygens (including phenoxy) is 9. The largest absolute Gasteiger partial charge is 0.497 e. The van der Waals surface area contributed by atoms with E-state index in [1.165, 1.54) is 31.1 Å². The molecule has 7 unspecified atom stereocenters. The van der Waals surface area contributed by atoms with Crippen LogP contribution in [0, 0.1) is 16.7 Å². The minimum Gasteiger partial charge on any atom is -0.497 e. The second-order valence-electron chi connectivity index (χ2n) is 23.6. The Labute approximate surface area is 482 Å². The van der Waals surface area contributed by atoms with Crippen LogP contribution in [0.5, 0.6) is 5.75 Å². The van der Waals surface area contributed by atoms with Crippen molar-refractivity contribution < 1.29 is 81.3 Å². The van der Waals surface area contributed by atoms with Crippen molar-refractivity contribution in [2.24, 2.45) is 16.7 Å². The fourth-order valence-corrected chi connectivity index (χ4v) is 15.1. The Kier molecular flexibility index (Phi) is 16.8. The number of nitrogens with zero attached hydrogens (tertiary/aromatic N) is 1. The molecule has 0 aromatic heterocycles. The van der Waals surface area contributed by atoms with Crippen LogP contribution >= 0.6 is 11.6 Å².